The Morgan fingerprint density at radius 3 is 2.85 bits per heavy atom. The smallest absolute Gasteiger partial charge is 0.165 e. The maximum absolute atomic E-state index is 10.0. The lowest BCUT2D eigenvalue weighted by Crippen LogP contribution is -2.33. The zero-order valence-electron chi connectivity index (χ0n) is 10.5. The van der Waals surface area contributed by atoms with Gasteiger partial charge in [-0.15, -0.1) is 0 Å². The monoisotopic (exact) mass is 284 g/mol. The third-order valence-electron chi connectivity index (χ3n) is 3.50. The summed E-state index contributed by atoms with van der Waals surface area (Å²) in [5.41, 5.74) is 0.389. The first-order valence-corrected chi connectivity index (χ1v) is 6.25. The highest BCUT2D eigenvalue weighted by Crippen LogP contribution is 2.34. The molecule has 1 aromatic rings. The van der Waals surface area contributed by atoms with Crippen molar-refractivity contribution in [1.82, 2.24) is 9.55 Å². The molecular weight excluding hydrogens is 268 g/mol. The molecule has 0 unspecified atom stereocenters. The number of aromatic nitrogens is 2. The van der Waals surface area contributed by atoms with E-state index in [2.05, 4.69) is 15.3 Å². The molecule has 1 saturated heterocycles. The Hall–Kier alpha value is -1.52. The fourth-order valence-electron chi connectivity index (χ4n) is 2.42. The highest BCUT2D eigenvalue weighted by atomic mass is 16.6. The number of fused-ring (bicyclic) bond motifs is 1. The van der Waals surface area contributed by atoms with Crippen molar-refractivity contribution in [3.05, 3.63) is 12.0 Å². The van der Waals surface area contributed by atoms with E-state index in [4.69, 9.17) is 9.84 Å². The molecule has 2 aliphatic heterocycles. The molecule has 0 saturated carbocycles. The number of aliphatic hydroxyl groups excluding tert-OH is 4. The van der Waals surface area contributed by atoms with Crippen LogP contribution in [0.3, 0.4) is 0 Å². The minimum absolute atomic E-state index is 0.187. The Morgan fingerprint density at radius 2 is 2.15 bits per heavy atom. The van der Waals surface area contributed by atoms with Gasteiger partial charge in [0.15, 0.2) is 6.23 Å². The topological polar surface area (TPSA) is 132 Å². The lowest BCUT2D eigenvalue weighted by Gasteiger charge is -2.19. The fourth-order valence-corrected chi connectivity index (χ4v) is 2.42. The molecule has 20 heavy (non-hydrogen) atoms. The van der Waals surface area contributed by atoms with Gasteiger partial charge in [-0.25, -0.2) is 4.98 Å². The SMILES string of the molecule is OC[C@H]1O[C@@H](n2cnc3c2NC=NC[C@@H]3O)[C@H](O)[C@@H]1O. The lowest BCUT2D eigenvalue weighted by molar-refractivity contribution is -0.0518. The number of rotatable bonds is 2. The summed E-state index contributed by atoms with van der Waals surface area (Å²) in [5, 5.41) is 41.6. The van der Waals surface area contributed by atoms with Crippen molar-refractivity contribution in [2.24, 2.45) is 4.99 Å². The standard InChI is InChI=1S/C11H16N4O5/c16-2-6-8(18)9(19)11(20-6)15-4-14-7-5(17)1-12-3-13-10(7)15/h3-6,8-9,11,16-19H,1-2H2,(H,12,13)/t5-,6+,8+,9+,11+/m0/s1. The minimum Gasteiger partial charge on any atom is -0.394 e. The molecule has 3 rings (SSSR count). The minimum atomic E-state index is -1.20. The molecular formula is C11H16N4O5. The number of hydrogen-bond donors (Lipinski definition) is 5. The molecule has 110 valence electrons. The molecule has 0 bridgehead atoms. The van der Waals surface area contributed by atoms with E-state index in [0.717, 1.165) is 0 Å². The largest absolute Gasteiger partial charge is 0.394 e. The summed E-state index contributed by atoms with van der Waals surface area (Å²) in [6, 6.07) is 0. The van der Waals surface area contributed by atoms with E-state index in [0.29, 0.717) is 11.5 Å². The third-order valence-corrected chi connectivity index (χ3v) is 3.50. The summed E-state index contributed by atoms with van der Waals surface area (Å²) in [5.74, 6) is 0.439. The van der Waals surface area contributed by atoms with Crippen LogP contribution in [0.2, 0.25) is 0 Å². The number of aliphatic hydroxyl groups is 4. The van der Waals surface area contributed by atoms with Crippen molar-refractivity contribution in [1.29, 1.82) is 0 Å². The normalized spacial score (nSPS) is 36.5. The highest BCUT2D eigenvalue weighted by Gasteiger charge is 2.44. The van der Waals surface area contributed by atoms with Gasteiger partial charge in [0.25, 0.3) is 0 Å². The zero-order valence-corrected chi connectivity index (χ0v) is 10.5. The number of ether oxygens (including phenoxy) is 1. The maximum atomic E-state index is 10.0. The number of imidazole rings is 1. The summed E-state index contributed by atoms with van der Waals surface area (Å²) < 4.78 is 6.90. The Labute approximate surface area is 114 Å². The molecule has 1 aromatic heterocycles. The Morgan fingerprint density at radius 1 is 1.35 bits per heavy atom. The van der Waals surface area contributed by atoms with Crippen LogP contribution >= 0.6 is 0 Å². The van der Waals surface area contributed by atoms with Gasteiger partial charge in [-0.2, -0.15) is 0 Å². The van der Waals surface area contributed by atoms with E-state index in [1.54, 1.807) is 0 Å². The second-order valence-electron chi connectivity index (χ2n) is 4.77. The molecule has 5 N–H and O–H groups in total. The number of aliphatic imine (C=N–C) groups is 1. The van der Waals surface area contributed by atoms with Gasteiger partial charge in [-0.05, 0) is 0 Å². The molecule has 3 heterocycles. The van der Waals surface area contributed by atoms with E-state index in [1.807, 2.05) is 0 Å². The van der Waals surface area contributed by atoms with Crippen molar-refractivity contribution in [3.63, 3.8) is 0 Å². The van der Waals surface area contributed by atoms with Crippen LogP contribution in [-0.4, -0.2) is 67.8 Å². The van der Waals surface area contributed by atoms with E-state index < -0.39 is 37.3 Å². The number of hydrogen-bond acceptors (Lipinski definition) is 8. The summed E-state index contributed by atoms with van der Waals surface area (Å²) in [6.45, 7) is -0.212. The van der Waals surface area contributed by atoms with Gasteiger partial charge in [-0.3, -0.25) is 9.56 Å². The van der Waals surface area contributed by atoms with Crippen LogP contribution in [0.4, 0.5) is 5.82 Å². The van der Waals surface area contributed by atoms with E-state index in [9.17, 15) is 15.3 Å². The third kappa shape index (κ3) is 2.00. The van der Waals surface area contributed by atoms with Gasteiger partial charge in [0.2, 0.25) is 0 Å². The van der Waals surface area contributed by atoms with Gasteiger partial charge in [0.05, 0.1) is 25.8 Å². The molecule has 0 amide bonds. The summed E-state index contributed by atoms with van der Waals surface area (Å²) in [6.07, 6.45) is -2.18. The van der Waals surface area contributed by atoms with Gasteiger partial charge < -0.3 is 30.5 Å². The van der Waals surface area contributed by atoms with Crippen LogP contribution in [0.15, 0.2) is 11.3 Å². The second-order valence-corrected chi connectivity index (χ2v) is 4.77. The molecule has 9 nitrogen and oxygen atoms in total. The first-order chi connectivity index (χ1) is 9.63. The van der Waals surface area contributed by atoms with Gasteiger partial charge in [0, 0.05) is 0 Å². The van der Waals surface area contributed by atoms with Crippen LogP contribution < -0.4 is 5.32 Å². The van der Waals surface area contributed by atoms with E-state index in [1.165, 1.54) is 17.2 Å². The Bertz CT molecular complexity index is 519. The Kier molecular flexibility index (Phi) is 3.44. The average molecular weight is 284 g/mol. The molecule has 0 aromatic carbocycles. The lowest BCUT2D eigenvalue weighted by atomic mass is 10.1. The van der Waals surface area contributed by atoms with Gasteiger partial charge in [0.1, 0.15) is 35.9 Å². The molecule has 5 atom stereocenters. The van der Waals surface area contributed by atoms with Crippen LogP contribution in [-0.2, 0) is 4.74 Å². The maximum Gasteiger partial charge on any atom is 0.165 e. The quantitative estimate of drug-likeness (QED) is 0.423. The van der Waals surface area contributed by atoms with Gasteiger partial charge in [-0.1, -0.05) is 0 Å². The second kappa shape index (κ2) is 5.11. The molecule has 0 spiro atoms. The molecule has 9 heteroatoms. The molecule has 0 radical (unpaired) electrons. The van der Waals surface area contributed by atoms with Crippen molar-refractivity contribution in [3.8, 4) is 0 Å². The predicted octanol–water partition coefficient (Wildman–Crippen LogP) is -2.02. The number of nitrogens with zero attached hydrogens (tertiary/aromatic N) is 3. The van der Waals surface area contributed by atoms with Crippen LogP contribution in [0.1, 0.15) is 18.0 Å². The van der Waals surface area contributed by atoms with Crippen LogP contribution in [0.5, 0.6) is 0 Å². The first-order valence-electron chi connectivity index (χ1n) is 6.25. The van der Waals surface area contributed by atoms with Crippen LogP contribution in [0.25, 0.3) is 0 Å². The zero-order chi connectivity index (χ0) is 14.3. The van der Waals surface area contributed by atoms with Crippen molar-refractivity contribution >= 4 is 12.2 Å². The average Bonchev–Trinajstić information content (AvgIpc) is 2.92. The van der Waals surface area contributed by atoms with Gasteiger partial charge >= 0.3 is 0 Å². The fraction of sp³-hybridized carbons (Fsp3) is 0.636. The summed E-state index contributed by atoms with van der Waals surface area (Å²) in [7, 11) is 0. The summed E-state index contributed by atoms with van der Waals surface area (Å²) in [4.78, 5) is 8.03. The van der Waals surface area contributed by atoms with Crippen LogP contribution in [0, 0.1) is 0 Å². The van der Waals surface area contributed by atoms with E-state index >= 15 is 0 Å². The van der Waals surface area contributed by atoms with Crippen molar-refractivity contribution < 1.29 is 25.2 Å². The highest BCUT2D eigenvalue weighted by molar-refractivity contribution is 5.76. The Balaban J connectivity index is 1.94. The molecule has 1 fully saturated rings. The van der Waals surface area contributed by atoms with Crippen molar-refractivity contribution in [2.45, 2.75) is 30.6 Å². The molecule has 0 aliphatic carbocycles. The first kappa shape index (κ1) is 13.5. The number of nitrogens with one attached hydrogen (secondary N) is 1. The number of anilines is 1. The summed E-state index contributed by atoms with van der Waals surface area (Å²) >= 11 is 0. The van der Waals surface area contributed by atoms with Crippen molar-refractivity contribution in [2.75, 3.05) is 18.5 Å². The van der Waals surface area contributed by atoms with E-state index in [-0.39, 0.29) is 6.54 Å². The predicted molar refractivity (Wildman–Crippen MR) is 67.2 cm³/mol. The molecule has 2 aliphatic rings.